The van der Waals surface area contributed by atoms with Crippen LogP contribution in [0.2, 0.25) is 0 Å². The number of nitrogens with two attached hydrogens (primary N) is 1. The van der Waals surface area contributed by atoms with E-state index in [1.807, 2.05) is 0 Å². The first kappa shape index (κ1) is 9.12. The normalized spacial score (nSPS) is 9.11. The highest BCUT2D eigenvalue weighted by Crippen LogP contribution is 1.75. The number of halogens is 1. The topological polar surface area (TPSA) is 64.3 Å². The molecule has 4 nitrogen and oxygen atoms in total. The Morgan fingerprint density at radius 1 is 1.78 bits per heavy atom. The Balaban J connectivity index is 2.97. The first-order chi connectivity index (χ1) is 4.31. The molecule has 0 radical (unpaired) electrons. The van der Waals surface area contributed by atoms with Crippen LogP contribution >= 0.6 is 22.9 Å². The van der Waals surface area contributed by atoms with Gasteiger partial charge in [0.1, 0.15) is 6.61 Å². The number of hydrogen-bond donors (Lipinski definition) is 2. The molecular formula is C4H9IN2O2. The van der Waals surface area contributed by atoms with Gasteiger partial charge in [-0.25, -0.2) is 0 Å². The summed E-state index contributed by atoms with van der Waals surface area (Å²) >= 11 is 1.75. The lowest BCUT2D eigenvalue weighted by Gasteiger charge is -1.97. The van der Waals surface area contributed by atoms with Crippen LogP contribution in [0.5, 0.6) is 0 Å². The van der Waals surface area contributed by atoms with Crippen LogP contribution in [0.25, 0.3) is 0 Å². The van der Waals surface area contributed by atoms with Gasteiger partial charge in [-0.05, 0) is 0 Å². The largest absolute Gasteiger partial charge is 0.370 e. The van der Waals surface area contributed by atoms with E-state index in [1.165, 1.54) is 0 Å². The highest BCUT2D eigenvalue weighted by Gasteiger charge is 1.95. The van der Waals surface area contributed by atoms with Crippen LogP contribution in [-0.4, -0.2) is 25.7 Å². The summed E-state index contributed by atoms with van der Waals surface area (Å²) in [5.41, 5.74) is 5.10. The lowest BCUT2D eigenvalue weighted by Crippen LogP contribution is -2.20. The van der Waals surface area contributed by atoms with Gasteiger partial charge in [0.25, 0.3) is 5.91 Å². The third-order valence-electron chi connectivity index (χ3n) is 0.601. The molecule has 0 aromatic rings. The first-order valence-electron chi connectivity index (χ1n) is 2.48. The summed E-state index contributed by atoms with van der Waals surface area (Å²) in [6.45, 7) is 0.985. The Bertz CT molecular complexity index is 88.6. The first-order valence-corrected chi connectivity index (χ1v) is 3.56. The standard InChI is InChI=1S/C4H9IN2O2/c5-7-4(8)3-9-2-1-6/h1-3,6H2,(H,7,8). The van der Waals surface area contributed by atoms with Gasteiger partial charge in [0, 0.05) is 6.54 Å². The van der Waals surface area contributed by atoms with Crippen molar-refractivity contribution in [3.8, 4) is 0 Å². The second-order valence-corrected chi connectivity index (χ2v) is 1.90. The van der Waals surface area contributed by atoms with E-state index in [2.05, 4.69) is 3.53 Å². The van der Waals surface area contributed by atoms with E-state index in [-0.39, 0.29) is 12.5 Å². The van der Waals surface area contributed by atoms with Gasteiger partial charge in [-0.3, -0.25) is 8.32 Å². The molecule has 0 unspecified atom stereocenters. The zero-order chi connectivity index (χ0) is 7.11. The number of nitrogens with one attached hydrogen (secondary N) is 1. The molecule has 0 saturated carbocycles. The summed E-state index contributed by atoms with van der Waals surface area (Å²) in [7, 11) is 0. The Morgan fingerprint density at radius 3 is 2.89 bits per heavy atom. The molecule has 3 N–H and O–H groups in total. The third-order valence-corrected chi connectivity index (χ3v) is 1.20. The average molecular weight is 244 g/mol. The summed E-state index contributed by atoms with van der Waals surface area (Å²) in [4.78, 5) is 10.4. The van der Waals surface area contributed by atoms with Crippen molar-refractivity contribution in [3.05, 3.63) is 0 Å². The van der Waals surface area contributed by atoms with E-state index in [0.29, 0.717) is 13.2 Å². The fourth-order valence-electron chi connectivity index (χ4n) is 0.275. The quantitative estimate of drug-likeness (QED) is 0.395. The molecule has 1 amide bonds. The van der Waals surface area contributed by atoms with E-state index in [9.17, 15) is 4.79 Å². The zero-order valence-corrected chi connectivity index (χ0v) is 7.05. The summed E-state index contributed by atoms with van der Waals surface area (Å²) in [6, 6.07) is 0. The van der Waals surface area contributed by atoms with Crippen LogP contribution in [-0.2, 0) is 9.53 Å². The average Bonchev–Trinajstić information content (AvgIpc) is 1.89. The monoisotopic (exact) mass is 244 g/mol. The van der Waals surface area contributed by atoms with Gasteiger partial charge in [0.05, 0.1) is 29.5 Å². The van der Waals surface area contributed by atoms with E-state index in [0.717, 1.165) is 0 Å². The lowest BCUT2D eigenvalue weighted by atomic mass is 10.6. The van der Waals surface area contributed by atoms with Crippen molar-refractivity contribution >= 4 is 28.8 Å². The smallest absolute Gasteiger partial charge is 0.254 e. The summed E-state index contributed by atoms with van der Waals surface area (Å²) in [5.74, 6) is -0.135. The van der Waals surface area contributed by atoms with Crippen LogP contribution in [0, 0.1) is 0 Å². The third kappa shape index (κ3) is 6.00. The van der Waals surface area contributed by atoms with Gasteiger partial charge in [0.15, 0.2) is 0 Å². The van der Waals surface area contributed by atoms with Crippen LogP contribution in [0.1, 0.15) is 0 Å². The van der Waals surface area contributed by atoms with E-state index < -0.39 is 0 Å². The van der Waals surface area contributed by atoms with Gasteiger partial charge < -0.3 is 10.5 Å². The summed E-state index contributed by atoms with van der Waals surface area (Å²) < 4.78 is 7.18. The van der Waals surface area contributed by atoms with Crippen LogP contribution in [0.15, 0.2) is 0 Å². The number of rotatable bonds is 4. The molecule has 0 spiro atoms. The molecule has 0 aromatic carbocycles. The zero-order valence-electron chi connectivity index (χ0n) is 4.89. The van der Waals surface area contributed by atoms with Gasteiger partial charge in [-0.1, -0.05) is 0 Å². The molecule has 54 valence electrons. The summed E-state index contributed by atoms with van der Waals surface area (Å²) in [6.07, 6.45) is 0. The molecule has 0 rings (SSSR count). The second-order valence-electron chi connectivity index (χ2n) is 1.36. The van der Waals surface area contributed by atoms with Crippen molar-refractivity contribution in [3.63, 3.8) is 0 Å². The fourth-order valence-corrected chi connectivity index (χ4v) is 0.431. The molecule has 9 heavy (non-hydrogen) atoms. The van der Waals surface area contributed by atoms with Crippen molar-refractivity contribution < 1.29 is 9.53 Å². The van der Waals surface area contributed by atoms with Crippen LogP contribution < -0.4 is 9.26 Å². The summed E-state index contributed by atoms with van der Waals surface area (Å²) in [5, 5.41) is 0. The number of carbonyl (C=O) groups is 1. The molecule has 0 bridgehead atoms. The Morgan fingerprint density at radius 2 is 2.44 bits per heavy atom. The highest BCUT2D eigenvalue weighted by atomic mass is 127. The van der Waals surface area contributed by atoms with Crippen molar-refractivity contribution in [2.75, 3.05) is 19.8 Å². The second kappa shape index (κ2) is 6.24. The van der Waals surface area contributed by atoms with Gasteiger partial charge >= 0.3 is 0 Å². The van der Waals surface area contributed by atoms with Crippen LogP contribution in [0.4, 0.5) is 0 Å². The maximum absolute atomic E-state index is 10.4. The van der Waals surface area contributed by atoms with Crippen molar-refractivity contribution in [1.82, 2.24) is 3.53 Å². The highest BCUT2D eigenvalue weighted by molar-refractivity contribution is 14.1. The Kier molecular flexibility index (Phi) is 6.33. The number of carbonyl (C=O) groups excluding carboxylic acids is 1. The number of amides is 1. The molecule has 0 aliphatic carbocycles. The van der Waals surface area contributed by atoms with E-state index in [4.69, 9.17) is 10.5 Å². The molecule has 5 heteroatoms. The van der Waals surface area contributed by atoms with E-state index in [1.54, 1.807) is 22.9 Å². The number of hydrogen-bond acceptors (Lipinski definition) is 3. The minimum absolute atomic E-state index is 0.0974. The fraction of sp³-hybridized carbons (Fsp3) is 0.750. The predicted molar refractivity (Wildman–Crippen MR) is 42.0 cm³/mol. The number of ether oxygens (including phenoxy) is 1. The molecule has 0 saturated heterocycles. The van der Waals surface area contributed by atoms with E-state index >= 15 is 0 Å². The van der Waals surface area contributed by atoms with Crippen LogP contribution in [0.3, 0.4) is 0 Å². The minimum Gasteiger partial charge on any atom is -0.370 e. The maximum atomic E-state index is 10.4. The SMILES string of the molecule is NCCOCC(=O)NI. The van der Waals surface area contributed by atoms with Crippen molar-refractivity contribution in [1.29, 1.82) is 0 Å². The minimum atomic E-state index is -0.135. The molecular weight excluding hydrogens is 235 g/mol. The van der Waals surface area contributed by atoms with Gasteiger partial charge in [0.2, 0.25) is 0 Å². The molecule has 0 aliphatic heterocycles. The Labute approximate surface area is 67.6 Å². The molecule has 0 aromatic heterocycles. The molecule has 0 fully saturated rings. The van der Waals surface area contributed by atoms with Crippen molar-refractivity contribution in [2.45, 2.75) is 0 Å². The lowest BCUT2D eigenvalue weighted by molar-refractivity contribution is -0.123. The maximum Gasteiger partial charge on any atom is 0.254 e. The molecule has 0 aliphatic rings. The Hall–Kier alpha value is 0.120. The van der Waals surface area contributed by atoms with Crippen molar-refractivity contribution in [2.24, 2.45) is 5.73 Å². The van der Waals surface area contributed by atoms with Gasteiger partial charge in [-0.15, -0.1) is 0 Å². The molecule has 0 heterocycles. The molecule has 0 atom stereocenters. The van der Waals surface area contributed by atoms with Gasteiger partial charge in [-0.2, -0.15) is 0 Å². The predicted octanol–water partition coefficient (Wildman–Crippen LogP) is -0.572.